The number of aliphatic carboxylic acids is 1. The molecule has 1 atom stereocenters. The lowest BCUT2D eigenvalue weighted by molar-refractivity contribution is -0.136. The molecule has 0 amide bonds. The third-order valence-electron chi connectivity index (χ3n) is 2.28. The maximum absolute atomic E-state index is 11.0. The van der Waals surface area contributed by atoms with Crippen molar-refractivity contribution < 1.29 is 19.8 Å². The Bertz CT molecular complexity index is 417. The van der Waals surface area contributed by atoms with Gasteiger partial charge in [0.15, 0.2) is 0 Å². The number of carboxylic acids is 2. The lowest BCUT2D eigenvalue weighted by Gasteiger charge is -2.11. The van der Waals surface area contributed by atoms with E-state index in [0.29, 0.717) is 12.2 Å². The Kier molecular flexibility index (Phi) is 6.07. The molecule has 0 fully saturated rings. The Morgan fingerprint density at radius 1 is 1.22 bits per heavy atom. The molecule has 0 bridgehead atoms. The SMILES string of the molecule is O=C(O)c1ccc(SC(CCCS)C(=O)O)cc1. The quantitative estimate of drug-likeness (QED) is 0.531. The van der Waals surface area contributed by atoms with Crippen molar-refractivity contribution in [2.75, 3.05) is 5.75 Å². The van der Waals surface area contributed by atoms with Crippen LogP contribution in [0.15, 0.2) is 29.2 Å². The van der Waals surface area contributed by atoms with E-state index < -0.39 is 17.2 Å². The number of rotatable bonds is 7. The van der Waals surface area contributed by atoms with E-state index in [1.807, 2.05) is 0 Å². The molecule has 0 aliphatic rings. The Hall–Kier alpha value is -1.14. The molecule has 0 aliphatic heterocycles. The van der Waals surface area contributed by atoms with Crippen molar-refractivity contribution in [1.29, 1.82) is 0 Å². The van der Waals surface area contributed by atoms with Crippen molar-refractivity contribution in [3.63, 3.8) is 0 Å². The van der Waals surface area contributed by atoms with Gasteiger partial charge in [-0.1, -0.05) is 0 Å². The van der Waals surface area contributed by atoms with Gasteiger partial charge in [-0.15, -0.1) is 11.8 Å². The summed E-state index contributed by atoms with van der Waals surface area (Å²) in [7, 11) is 0. The average molecular weight is 286 g/mol. The van der Waals surface area contributed by atoms with Crippen LogP contribution in [-0.4, -0.2) is 33.2 Å². The van der Waals surface area contributed by atoms with E-state index in [9.17, 15) is 9.59 Å². The summed E-state index contributed by atoms with van der Waals surface area (Å²) >= 11 is 5.29. The molecule has 0 aliphatic carbocycles. The van der Waals surface area contributed by atoms with Crippen LogP contribution in [0.1, 0.15) is 23.2 Å². The Labute approximate surface area is 115 Å². The number of thiol groups is 1. The fourth-order valence-corrected chi connectivity index (χ4v) is 2.54. The lowest BCUT2D eigenvalue weighted by atomic mass is 10.2. The molecular weight excluding hydrogens is 272 g/mol. The summed E-state index contributed by atoms with van der Waals surface area (Å²) in [4.78, 5) is 22.5. The average Bonchev–Trinajstić information content (AvgIpc) is 2.34. The number of hydrogen-bond acceptors (Lipinski definition) is 4. The molecule has 0 aromatic heterocycles. The van der Waals surface area contributed by atoms with Crippen LogP contribution >= 0.6 is 24.4 Å². The van der Waals surface area contributed by atoms with Gasteiger partial charge >= 0.3 is 11.9 Å². The van der Waals surface area contributed by atoms with Crippen LogP contribution in [0.5, 0.6) is 0 Å². The van der Waals surface area contributed by atoms with E-state index in [1.165, 1.54) is 23.9 Å². The van der Waals surface area contributed by atoms with Crippen LogP contribution in [0.2, 0.25) is 0 Å². The van der Waals surface area contributed by atoms with Crippen LogP contribution in [0.3, 0.4) is 0 Å². The van der Waals surface area contributed by atoms with Crippen molar-refractivity contribution in [3.05, 3.63) is 29.8 Å². The first-order valence-electron chi connectivity index (χ1n) is 5.38. The van der Waals surface area contributed by atoms with Gasteiger partial charge in [-0.25, -0.2) is 4.79 Å². The molecule has 1 unspecified atom stereocenters. The Balaban J connectivity index is 2.68. The van der Waals surface area contributed by atoms with Gasteiger partial charge in [0.25, 0.3) is 0 Å². The molecule has 1 aromatic rings. The molecular formula is C12H14O4S2. The fraction of sp³-hybridized carbons (Fsp3) is 0.333. The number of aromatic carboxylic acids is 1. The van der Waals surface area contributed by atoms with E-state index in [-0.39, 0.29) is 5.56 Å². The van der Waals surface area contributed by atoms with Gasteiger partial charge in [-0.05, 0) is 42.9 Å². The summed E-state index contributed by atoms with van der Waals surface area (Å²) in [6.07, 6.45) is 1.28. The molecule has 1 rings (SSSR count). The van der Waals surface area contributed by atoms with E-state index in [2.05, 4.69) is 12.6 Å². The molecule has 0 saturated carbocycles. The molecule has 0 radical (unpaired) electrons. The van der Waals surface area contributed by atoms with E-state index in [1.54, 1.807) is 12.1 Å². The monoisotopic (exact) mass is 286 g/mol. The summed E-state index contributed by atoms with van der Waals surface area (Å²) in [5.74, 6) is -1.19. The summed E-state index contributed by atoms with van der Waals surface area (Å²) < 4.78 is 0. The fourth-order valence-electron chi connectivity index (χ4n) is 1.35. The predicted molar refractivity (Wildman–Crippen MR) is 73.8 cm³/mol. The number of carboxylic acid groups (broad SMARTS) is 2. The maximum Gasteiger partial charge on any atom is 0.335 e. The van der Waals surface area contributed by atoms with Crippen LogP contribution in [-0.2, 0) is 4.79 Å². The first-order chi connectivity index (χ1) is 8.54. The normalized spacial score (nSPS) is 12.1. The first kappa shape index (κ1) is 14.9. The van der Waals surface area contributed by atoms with Gasteiger partial charge in [-0.2, -0.15) is 12.6 Å². The van der Waals surface area contributed by atoms with Crippen molar-refractivity contribution >= 4 is 36.3 Å². The topological polar surface area (TPSA) is 74.6 Å². The third kappa shape index (κ3) is 4.62. The van der Waals surface area contributed by atoms with Gasteiger partial charge in [0.1, 0.15) is 5.25 Å². The van der Waals surface area contributed by atoms with Crippen LogP contribution < -0.4 is 0 Å². The molecule has 18 heavy (non-hydrogen) atoms. The molecule has 1 aromatic carbocycles. The molecule has 2 N–H and O–H groups in total. The van der Waals surface area contributed by atoms with Crippen LogP contribution in [0.25, 0.3) is 0 Å². The lowest BCUT2D eigenvalue weighted by Crippen LogP contribution is -2.16. The van der Waals surface area contributed by atoms with Gasteiger partial charge in [0.05, 0.1) is 5.56 Å². The maximum atomic E-state index is 11.0. The zero-order valence-corrected chi connectivity index (χ0v) is 11.3. The first-order valence-corrected chi connectivity index (χ1v) is 6.89. The second-order valence-electron chi connectivity index (χ2n) is 3.64. The smallest absolute Gasteiger partial charge is 0.335 e. The highest BCUT2D eigenvalue weighted by atomic mass is 32.2. The van der Waals surface area contributed by atoms with Gasteiger partial charge in [-0.3, -0.25) is 4.79 Å². The minimum atomic E-state index is -0.989. The van der Waals surface area contributed by atoms with E-state index in [0.717, 1.165) is 11.3 Å². The van der Waals surface area contributed by atoms with Crippen molar-refractivity contribution in [2.45, 2.75) is 23.0 Å². The van der Waals surface area contributed by atoms with Crippen molar-refractivity contribution in [2.24, 2.45) is 0 Å². The molecule has 0 heterocycles. The summed E-state index contributed by atoms with van der Waals surface area (Å²) in [5, 5.41) is 17.3. The highest BCUT2D eigenvalue weighted by Crippen LogP contribution is 2.27. The number of benzene rings is 1. The third-order valence-corrected chi connectivity index (χ3v) is 3.86. The second kappa shape index (κ2) is 7.33. The van der Waals surface area contributed by atoms with Crippen LogP contribution in [0.4, 0.5) is 0 Å². The van der Waals surface area contributed by atoms with Crippen LogP contribution in [0, 0.1) is 0 Å². The molecule has 4 nitrogen and oxygen atoms in total. The standard InChI is InChI=1S/C12H14O4S2/c13-11(14)8-3-5-9(6-4-8)18-10(12(15)16)2-1-7-17/h3-6,10,17H,1-2,7H2,(H,13,14)(H,15,16). The molecule has 0 spiro atoms. The minimum Gasteiger partial charge on any atom is -0.480 e. The van der Waals surface area contributed by atoms with Crippen molar-refractivity contribution in [3.8, 4) is 0 Å². The number of thioether (sulfide) groups is 1. The minimum absolute atomic E-state index is 0.196. The summed E-state index contributed by atoms with van der Waals surface area (Å²) in [6.45, 7) is 0. The van der Waals surface area contributed by atoms with Gasteiger partial charge in [0, 0.05) is 4.90 Å². The highest BCUT2D eigenvalue weighted by molar-refractivity contribution is 8.00. The second-order valence-corrected chi connectivity index (χ2v) is 5.36. The summed E-state index contributed by atoms with van der Waals surface area (Å²) in [5.41, 5.74) is 0.196. The zero-order valence-electron chi connectivity index (χ0n) is 9.57. The largest absolute Gasteiger partial charge is 0.480 e. The highest BCUT2D eigenvalue weighted by Gasteiger charge is 2.18. The number of hydrogen-bond donors (Lipinski definition) is 3. The van der Waals surface area contributed by atoms with E-state index >= 15 is 0 Å². The number of carbonyl (C=O) groups is 2. The van der Waals surface area contributed by atoms with E-state index in [4.69, 9.17) is 10.2 Å². The Morgan fingerprint density at radius 3 is 2.28 bits per heavy atom. The Morgan fingerprint density at radius 2 is 1.83 bits per heavy atom. The van der Waals surface area contributed by atoms with Crippen molar-refractivity contribution in [1.82, 2.24) is 0 Å². The summed E-state index contributed by atoms with van der Waals surface area (Å²) in [6, 6.07) is 6.21. The molecule has 6 heteroatoms. The predicted octanol–water partition coefficient (Wildman–Crippen LogP) is 2.64. The molecule has 98 valence electrons. The van der Waals surface area contributed by atoms with Gasteiger partial charge in [0.2, 0.25) is 0 Å². The molecule has 0 saturated heterocycles. The zero-order chi connectivity index (χ0) is 13.5. The van der Waals surface area contributed by atoms with Gasteiger partial charge < -0.3 is 10.2 Å².